The summed E-state index contributed by atoms with van der Waals surface area (Å²) in [4.78, 5) is 11.4. The zero-order chi connectivity index (χ0) is 15.8. The van der Waals surface area contributed by atoms with Crippen LogP contribution in [0.2, 0.25) is 5.02 Å². The molecule has 3 aromatic rings. The SMILES string of the molecule is Clc1ccc(Br)c2ccc(N3CCOC(c4nccs4)C3)nc12. The number of thiazole rings is 1. The maximum absolute atomic E-state index is 6.31. The van der Waals surface area contributed by atoms with Crippen molar-refractivity contribution >= 4 is 55.6 Å². The second-order valence-corrected chi connectivity index (χ2v) is 7.46. The fourth-order valence-electron chi connectivity index (χ4n) is 2.72. The first kappa shape index (κ1) is 15.3. The molecule has 0 bridgehead atoms. The Kier molecular flexibility index (Phi) is 4.24. The minimum absolute atomic E-state index is 0.000714. The number of nitrogens with zero attached hydrogens (tertiary/aromatic N) is 3. The summed E-state index contributed by atoms with van der Waals surface area (Å²) in [6.07, 6.45) is 1.81. The van der Waals surface area contributed by atoms with Crippen LogP contribution in [0.3, 0.4) is 0 Å². The molecule has 1 aromatic carbocycles. The molecule has 1 atom stereocenters. The third kappa shape index (κ3) is 2.96. The molecule has 1 aliphatic heterocycles. The molecule has 0 N–H and O–H groups in total. The monoisotopic (exact) mass is 409 g/mol. The van der Waals surface area contributed by atoms with Crippen LogP contribution in [0.5, 0.6) is 0 Å². The van der Waals surface area contributed by atoms with Crippen molar-refractivity contribution in [2.45, 2.75) is 6.10 Å². The van der Waals surface area contributed by atoms with Crippen molar-refractivity contribution in [1.82, 2.24) is 9.97 Å². The van der Waals surface area contributed by atoms with E-state index in [4.69, 9.17) is 21.3 Å². The van der Waals surface area contributed by atoms with Gasteiger partial charge in [0, 0.05) is 28.0 Å². The van der Waals surface area contributed by atoms with E-state index in [9.17, 15) is 0 Å². The molecule has 1 unspecified atom stereocenters. The minimum Gasteiger partial charge on any atom is -0.367 e. The summed E-state index contributed by atoms with van der Waals surface area (Å²) in [6, 6.07) is 7.90. The smallest absolute Gasteiger partial charge is 0.129 e. The molecule has 1 saturated heterocycles. The number of hydrogen-bond acceptors (Lipinski definition) is 5. The fraction of sp³-hybridized carbons (Fsp3) is 0.250. The van der Waals surface area contributed by atoms with E-state index >= 15 is 0 Å². The number of benzene rings is 1. The van der Waals surface area contributed by atoms with Crippen molar-refractivity contribution in [2.75, 3.05) is 24.6 Å². The van der Waals surface area contributed by atoms with Gasteiger partial charge in [-0.05, 0) is 24.3 Å². The van der Waals surface area contributed by atoms with Crippen LogP contribution in [-0.4, -0.2) is 29.7 Å². The zero-order valence-corrected chi connectivity index (χ0v) is 15.2. The molecule has 0 amide bonds. The lowest BCUT2D eigenvalue weighted by Crippen LogP contribution is -2.38. The summed E-state index contributed by atoms with van der Waals surface area (Å²) in [5.74, 6) is 0.919. The van der Waals surface area contributed by atoms with Gasteiger partial charge in [-0.3, -0.25) is 0 Å². The lowest BCUT2D eigenvalue weighted by molar-refractivity contribution is 0.0394. The Morgan fingerprint density at radius 3 is 3.04 bits per heavy atom. The number of rotatable bonds is 2. The predicted octanol–water partition coefficient (Wildman–Crippen LogP) is 4.69. The predicted molar refractivity (Wildman–Crippen MR) is 97.5 cm³/mol. The molecular formula is C16H13BrClN3OS. The van der Waals surface area contributed by atoms with Crippen LogP contribution >= 0.6 is 38.9 Å². The molecule has 23 heavy (non-hydrogen) atoms. The lowest BCUT2D eigenvalue weighted by atomic mass is 10.2. The second kappa shape index (κ2) is 6.36. The third-order valence-corrected chi connectivity index (χ3v) is 5.72. The van der Waals surface area contributed by atoms with Gasteiger partial charge in [-0.2, -0.15) is 0 Å². The van der Waals surface area contributed by atoms with Gasteiger partial charge >= 0.3 is 0 Å². The van der Waals surface area contributed by atoms with E-state index in [-0.39, 0.29) is 6.10 Å². The summed E-state index contributed by atoms with van der Waals surface area (Å²) in [5, 5.41) is 4.67. The number of halogens is 2. The summed E-state index contributed by atoms with van der Waals surface area (Å²) < 4.78 is 6.85. The molecule has 1 fully saturated rings. The Labute approximate surface area is 151 Å². The molecule has 1 aliphatic rings. The highest BCUT2D eigenvalue weighted by atomic mass is 79.9. The summed E-state index contributed by atoms with van der Waals surface area (Å²) in [5.41, 5.74) is 0.816. The average molecular weight is 411 g/mol. The van der Waals surface area contributed by atoms with Crippen molar-refractivity contribution in [1.29, 1.82) is 0 Å². The Balaban J connectivity index is 1.67. The second-order valence-electron chi connectivity index (χ2n) is 5.27. The molecule has 0 spiro atoms. The maximum atomic E-state index is 6.31. The molecule has 7 heteroatoms. The van der Waals surface area contributed by atoms with E-state index in [0.29, 0.717) is 11.6 Å². The number of fused-ring (bicyclic) bond motifs is 1. The van der Waals surface area contributed by atoms with Crippen molar-refractivity contribution in [3.8, 4) is 0 Å². The van der Waals surface area contributed by atoms with Crippen molar-refractivity contribution < 1.29 is 4.74 Å². The third-order valence-electron chi connectivity index (χ3n) is 3.86. The van der Waals surface area contributed by atoms with Crippen LogP contribution in [0.25, 0.3) is 10.9 Å². The number of ether oxygens (including phenoxy) is 1. The lowest BCUT2D eigenvalue weighted by Gasteiger charge is -2.33. The van der Waals surface area contributed by atoms with Crippen LogP contribution in [0.4, 0.5) is 5.82 Å². The zero-order valence-electron chi connectivity index (χ0n) is 12.1. The van der Waals surface area contributed by atoms with Gasteiger partial charge in [-0.25, -0.2) is 9.97 Å². The Morgan fingerprint density at radius 2 is 2.22 bits per heavy atom. The van der Waals surface area contributed by atoms with Crippen LogP contribution in [0, 0.1) is 0 Å². The van der Waals surface area contributed by atoms with Gasteiger partial charge in [0.25, 0.3) is 0 Å². The molecule has 0 saturated carbocycles. The van der Waals surface area contributed by atoms with Crippen LogP contribution in [-0.2, 0) is 4.74 Å². The van der Waals surface area contributed by atoms with E-state index < -0.39 is 0 Å². The van der Waals surface area contributed by atoms with Gasteiger partial charge in [0.15, 0.2) is 0 Å². The number of hydrogen-bond donors (Lipinski definition) is 0. The first-order valence-electron chi connectivity index (χ1n) is 7.23. The normalized spacial score (nSPS) is 18.5. The molecule has 4 rings (SSSR count). The van der Waals surface area contributed by atoms with Crippen LogP contribution in [0.1, 0.15) is 11.1 Å². The summed E-state index contributed by atoms with van der Waals surface area (Å²) in [7, 11) is 0. The molecule has 0 radical (unpaired) electrons. The topological polar surface area (TPSA) is 38.2 Å². The van der Waals surface area contributed by atoms with E-state index in [1.54, 1.807) is 11.3 Å². The Bertz CT molecular complexity index is 843. The van der Waals surface area contributed by atoms with E-state index in [1.165, 1.54) is 0 Å². The first-order valence-corrected chi connectivity index (χ1v) is 9.28. The van der Waals surface area contributed by atoms with Gasteiger partial charge in [0.1, 0.15) is 16.9 Å². The first-order chi connectivity index (χ1) is 11.2. The largest absolute Gasteiger partial charge is 0.367 e. The van der Waals surface area contributed by atoms with Gasteiger partial charge in [-0.15, -0.1) is 11.3 Å². The van der Waals surface area contributed by atoms with Crippen LogP contribution < -0.4 is 4.90 Å². The van der Waals surface area contributed by atoms with Crippen LogP contribution in [0.15, 0.2) is 40.3 Å². The summed E-state index contributed by atoms with van der Waals surface area (Å²) >= 11 is 11.5. The quantitative estimate of drug-likeness (QED) is 0.614. The standard InChI is InChI=1S/C16H13BrClN3OS/c17-11-2-3-12(18)15-10(11)1-4-14(20-15)21-6-7-22-13(9-21)16-19-5-8-23-16/h1-5,8,13H,6-7,9H2. The molecule has 118 valence electrons. The Hall–Kier alpha value is -1.21. The molecule has 0 aliphatic carbocycles. The number of anilines is 1. The Morgan fingerprint density at radius 1 is 1.30 bits per heavy atom. The van der Waals surface area contributed by atoms with E-state index in [0.717, 1.165) is 39.3 Å². The van der Waals surface area contributed by atoms with Crippen molar-refractivity contribution in [3.05, 3.63) is 50.3 Å². The molecule has 4 nitrogen and oxygen atoms in total. The van der Waals surface area contributed by atoms with Gasteiger partial charge in [0.2, 0.25) is 0 Å². The number of aromatic nitrogens is 2. The number of morpholine rings is 1. The highest BCUT2D eigenvalue weighted by Crippen LogP contribution is 2.32. The van der Waals surface area contributed by atoms with E-state index in [1.807, 2.05) is 29.8 Å². The molecule has 3 heterocycles. The van der Waals surface area contributed by atoms with Gasteiger partial charge < -0.3 is 9.64 Å². The fourth-order valence-corrected chi connectivity index (χ4v) is 4.05. The summed E-state index contributed by atoms with van der Waals surface area (Å²) in [6.45, 7) is 2.22. The van der Waals surface area contributed by atoms with Gasteiger partial charge in [0.05, 0.1) is 23.7 Å². The number of pyridine rings is 1. The van der Waals surface area contributed by atoms with Crippen molar-refractivity contribution in [3.63, 3.8) is 0 Å². The average Bonchev–Trinajstić information content (AvgIpc) is 3.13. The minimum atomic E-state index is -0.000714. The van der Waals surface area contributed by atoms with Crippen molar-refractivity contribution in [2.24, 2.45) is 0 Å². The van der Waals surface area contributed by atoms with E-state index in [2.05, 4.69) is 31.9 Å². The highest BCUT2D eigenvalue weighted by Gasteiger charge is 2.25. The maximum Gasteiger partial charge on any atom is 0.129 e. The molecular weight excluding hydrogens is 398 g/mol. The molecule has 2 aromatic heterocycles. The van der Waals surface area contributed by atoms with Gasteiger partial charge in [-0.1, -0.05) is 27.5 Å². The highest BCUT2D eigenvalue weighted by molar-refractivity contribution is 9.10.